The number of pyridine rings is 1. The molecule has 1 heterocycles. The number of rotatable bonds is 3. The van der Waals surface area contributed by atoms with E-state index in [0.717, 1.165) is 0 Å². The summed E-state index contributed by atoms with van der Waals surface area (Å²) in [5.74, 6) is 0. The molecule has 0 unspecified atom stereocenters. The molecule has 0 aliphatic rings. The van der Waals surface area contributed by atoms with Crippen molar-refractivity contribution in [1.82, 2.24) is 4.98 Å². The largest absolute Gasteiger partial charge is 0.387 e. The maximum Gasteiger partial charge on any atom is 0.134 e. The summed E-state index contributed by atoms with van der Waals surface area (Å²) in [6.07, 6.45) is 1.55. The summed E-state index contributed by atoms with van der Waals surface area (Å²) in [4.78, 5) is 3.87. The molecule has 0 radical (unpaired) electrons. The van der Waals surface area contributed by atoms with E-state index in [2.05, 4.69) is 4.98 Å². The van der Waals surface area contributed by atoms with Crippen LogP contribution in [0.1, 0.15) is 25.0 Å². The molecule has 1 rings (SSSR count). The first-order chi connectivity index (χ1) is 6.16. The molecule has 4 heteroatoms. The minimum absolute atomic E-state index is 0.290. The summed E-state index contributed by atoms with van der Waals surface area (Å²) in [5, 5.41) is 10.0. The molecule has 0 fully saturated rings. The van der Waals surface area contributed by atoms with E-state index in [9.17, 15) is 5.11 Å². The molecule has 0 aromatic carbocycles. The molecule has 0 aliphatic heterocycles. The highest BCUT2D eigenvalue weighted by Gasteiger charge is 2.17. The van der Waals surface area contributed by atoms with E-state index in [-0.39, 0.29) is 6.04 Å². The molecule has 0 spiro atoms. The van der Waals surface area contributed by atoms with E-state index in [0.29, 0.717) is 17.1 Å². The van der Waals surface area contributed by atoms with Gasteiger partial charge in [-0.05, 0) is 12.5 Å². The van der Waals surface area contributed by atoms with Crippen molar-refractivity contribution in [3.63, 3.8) is 0 Å². The Hall–Kier alpha value is -0.640. The van der Waals surface area contributed by atoms with Gasteiger partial charge >= 0.3 is 0 Å². The highest BCUT2D eigenvalue weighted by molar-refractivity contribution is 6.30. The molecule has 0 aliphatic carbocycles. The maximum atomic E-state index is 9.72. The van der Waals surface area contributed by atoms with Gasteiger partial charge in [-0.2, -0.15) is 0 Å². The lowest BCUT2D eigenvalue weighted by molar-refractivity contribution is 0.144. The van der Waals surface area contributed by atoms with E-state index in [4.69, 9.17) is 17.3 Å². The van der Waals surface area contributed by atoms with Crippen LogP contribution in [0.15, 0.2) is 18.3 Å². The van der Waals surface area contributed by atoms with Gasteiger partial charge in [0.05, 0.1) is 6.10 Å². The van der Waals surface area contributed by atoms with Gasteiger partial charge in [0.2, 0.25) is 0 Å². The smallest absolute Gasteiger partial charge is 0.134 e. The third-order valence-corrected chi connectivity index (χ3v) is 2.30. The number of aromatic nitrogens is 1. The van der Waals surface area contributed by atoms with Crippen molar-refractivity contribution < 1.29 is 5.11 Å². The second-order valence-corrected chi connectivity index (χ2v) is 3.26. The van der Waals surface area contributed by atoms with Crippen molar-refractivity contribution >= 4 is 11.6 Å². The SMILES string of the molecule is CC[C@@H](N)[C@@H](O)c1cccnc1Cl. The number of halogens is 1. The highest BCUT2D eigenvalue weighted by Crippen LogP contribution is 2.23. The van der Waals surface area contributed by atoms with Gasteiger partial charge in [0.15, 0.2) is 0 Å². The van der Waals surface area contributed by atoms with E-state index in [1.807, 2.05) is 6.92 Å². The zero-order valence-corrected chi connectivity index (χ0v) is 8.20. The van der Waals surface area contributed by atoms with Crippen LogP contribution in [-0.4, -0.2) is 16.1 Å². The van der Waals surface area contributed by atoms with Crippen molar-refractivity contribution in [2.75, 3.05) is 0 Å². The lowest BCUT2D eigenvalue weighted by Gasteiger charge is -2.17. The molecule has 0 bridgehead atoms. The predicted octanol–water partition coefficient (Wildman–Crippen LogP) is 1.51. The summed E-state index contributed by atoms with van der Waals surface area (Å²) in [6.45, 7) is 1.91. The Labute approximate surface area is 82.5 Å². The minimum Gasteiger partial charge on any atom is -0.387 e. The summed E-state index contributed by atoms with van der Waals surface area (Å²) < 4.78 is 0. The van der Waals surface area contributed by atoms with E-state index < -0.39 is 6.10 Å². The van der Waals surface area contributed by atoms with Crippen LogP contribution >= 0.6 is 11.6 Å². The van der Waals surface area contributed by atoms with Gasteiger partial charge in [-0.25, -0.2) is 4.98 Å². The van der Waals surface area contributed by atoms with Crippen molar-refractivity contribution in [2.45, 2.75) is 25.5 Å². The Kier molecular flexibility index (Phi) is 3.66. The number of nitrogens with two attached hydrogens (primary N) is 1. The second kappa shape index (κ2) is 4.56. The van der Waals surface area contributed by atoms with Crippen LogP contribution in [0.25, 0.3) is 0 Å². The van der Waals surface area contributed by atoms with Crippen LogP contribution in [0.2, 0.25) is 5.15 Å². The normalized spacial score (nSPS) is 15.4. The summed E-state index contributed by atoms with van der Waals surface area (Å²) in [5.41, 5.74) is 6.28. The number of aliphatic hydroxyl groups excluding tert-OH is 1. The Morgan fingerprint density at radius 2 is 2.38 bits per heavy atom. The van der Waals surface area contributed by atoms with Gasteiger partial charge in [-0.1, -0.05) is 24.6 Å². The van der Waals surface area contributed by atoms with Gasteiger partial charge < -0.3 is 10.8 Å². The standard InChI is InChI=1S/C9H13ClN2O/c1-2-7(11)8(13)6-4-3-5-12-9(6)10/h3-5,7-8,13H,2,11H2,1H3/t7-,8+/m1/s1. The fourth-order valence-corrected chi connectivity index (χ4v) is 1.30. The molecule has 0 amide bonds. The zero-order valence-electron chi connectivity index (χ0n) is 7.44. The topological polar surface area (TPSA) is 59.1 Å². The predicted molar refractivity (Wildman–Crippen MR) is 52.5 cm³/mol. The first-order valence-corrected chi connectivity index (χ1v) is 4.58. The number of nitrogens with zero attached hydrogens (tertiary/aromatic N) is 1. The molecular formula is C9H13ClN2O. The monoisotopic (exact) mass is 200 g/mol. The lowest BCUT2D eigenvalue weighted by Crippen LogP contribution is -2.27. The van der Waals surface area contributed by atoms with Gasteiger partial charge in [0.1, 0.15) is 5.15 Å². The average Bonchev–Trinajstić information content (AvgIpc) is 2.16. The summed E-state index contributed by atoms with van der Waals surface area (Å²) in [7, 11) is 0. The Morgan fingerprint density at radius 3 is 2.92 bits per heavy atom. The molecule has 13 heavy (non-hydrogen) atoms. The van der Waals surface area contributed by atoms with Gasteiger partial charge in [-0.15, -0.1) is 0 Å². The fourth-order valence-electron chi connectivity index (χ4n) is 1.07. The number of aliphatic hydroxyl groups is 1. The molecule has 2 atom stereocenters. The third-order valence-electron chi connectivity index (χ3n) is 1.98. The molecule has 0 saturated carbocycles. The average molecular weight is 201 g/mol. The Morgan fingerprint density at radius 1 is 1.69 bits per heavy atom. The zero-order chi connectivity index (χ0) is 9.84. The van der Waals surface area contributed by atoms with E-state index >= 15 is 0 Å². The first-order valence-electron chi connectivity index (χ1n) is 4.21. The third kappa shape index (κ3) is 2.40. The number of hydrogen-bond acceptors (Lipinski definition) is 3. The van der Waals surface area contributed by atoms with Crippen molar-refractivity contribution in [3.05, 3.63) is 29.0 Å². The van der Waals surface area contributed by atoms with Crippen LogP contribution in [-0.2, 0) is 0 Å². The summed E-state index contributed by atoms with van der Waals surface area (Å²) >= 11 is 5.79. The summed E-state index contributed by atoms with van der Waals surface area (Å²) in [6, 6.07) is 3.17. The second-order valence-electron chi connectivity index (χ2n) is 2.90. The molecule has 1 aromatic heterocycles. The quantitative estimate of drug-likeness (QED) is 0.728. The highest BCUT2D eigenvalue weighted by atomic mass is 35.5. The Balaban J connectivity index is 2.88. The van der Waals surface area contributed by atoms with Gasteiger partial charge in [0, 0.05) is 17.8 Å². The van der Waals surface area contributed by atoms with Crippen LogP contribution in [0, 0.1) is 0 Å². The van der Waals surface area contributed by atoms with Crippen molar-refractivity contribution in [2.24, 2.45) is 5.73 Å². The lowest BCUT2D eigenvalue weighted by atomic mass is 10.0. The van der Waals surface area contributed by atoms with Crippen LogP contribution in [0.5, 0.6) is 0 Å². The van der Waals surface area contributed by atoms with Crippen LogP contribution < -0.4 is 5.73 Å². The molecule has 0 saturated heterocycles. The maximum absolute atomic E-state index is 9.72. The van der Waals surface area contributed by atoms with Gasteiger partial charge in [0.25, 0.3) is 0 Å². The first kappa shape index (κ1) is 10.4. The van der Waals surface area contributed by atoms with E-state index in [1.54, 1.807) is 18.3 Å². The Bertz CT molecular complexity index is 280. The van der Waals surface area contributed by atoms with Crippen LogP contribution in [0.3, 0.4) is 0 Å². The molecule has 72 valence electrons. The van der Waals surface area contributed by atoms with Crippen molar-refractivity contribution in [1.29, 1.82) is 0 Å². The number of hydrogen-bond donors (Lipinski definition) is 2. The molecule has 3 nitrogen and oxygen atoms in total. The molecular weight excluding hydrogens is 188 g/mol. The van der Waals surface area contributed by atoms with Gasteiger partial charge in [-0.3, -0.25) is 0 Å². The molecule has 1 aromatic rings. The van der Waals surface area contributed by atoms with E-state index in [1.165, 1.54) is 0 Å². The van der Waals surface area contributed by atoms with Crippen molar-refractivity contribution in [3.8, 4) is 0 Å². The van der Waals surface area contributed by atoms with Crippen LogP contribution in [0.4, 0.5) is 0 Å². The molecule has 3 N–H and O–H groups in total. The minimum atomic E-state index is -0.730. The fraction of sp³-hybridized carbons (Fsp3) is 0.444.